The van der Waals surface area contributed by atoms with Crippen LogP contribution >= 0.6 is 11.8 Å². The molecule has 0 aromatic rings. The molecule has 0 radical (unpaired) electrons. The van der Waals surface area contributed by atoms with E-state index in [9.17, 15) is 9.59 Å². The SMILES string of the molecule is CCC(C)C(NC(=O)CSC(C)(C)C)C(=O)O. The molecule has 4 nitrogen and oxygen atoms in total. The largest absolute Gasteiger partial charge is 0.480 e. The molecule has 0 saturated heterocycles. The van der Waals surface area contributed by atoms with Crippen molar-refractivity contribution in [2.24, 2.45) is 5.92 Å². The van der Waals surface area contributed by atoms with E-state index < -0.39 is 12.0 Å². The van der Waals surface area contributed by atoms with Gasteiger partial charge in [-0.2, -0.15) is 0 Å². The lowest BCUT2D eigenvalue weighted by Crippen LogP contribution is -2.45. The molecule has 0 heterocycles. The highest BCUT2D eigenvalue weighted by Gasteiger charge is 2.25. The van der Waals surface area contributed by atoms with Gasteiger partial charge in [-0.25, -0.2) is 4.79 Å². The van der Waals surface area contributed by atoms with Crippen molar-refractivity contribution in [3.05, 3.63) is 0 Å². The first-order valence-electron chi connectivity index (χ1n) is 5.83. The van der Waals surface area contributed by atoms with Crippen LogP contribution in [0.3, 0.4) is 0 Å². The number of aliphatic carboxylic acids is 1. The highest BCUT2D eigenvalue weighted by atomic mass is 32.2. The van der Waals surface area contributed by atoms with E-state index in [1.807, 2.05) is 34.6 Å². The predicted molar refractivity (Wildman–Crippen MR) is 71.2 cm³/mol. The van der Waals surface area contributed by atoms with Gasteiger partial charge in [-0.1, -0.05) is 41.0 Å². The third-order valence-electron chi connectivity index (χ3n) is 2.43. The van der Waals surface area contributed by atoms with Gasteiger partial charge in [0.25, 0.3) is 0 Å². The van der Waals surface area contributed by atoms with E-state index in [4.69, 9.17) is 5.11 Å². The Morgan fingerprint density at radius 1 is 1.35 bits per heavy atom. The summed E-state index contributed by atoms with van der Waals surface area (Å²) in [6.45, 7) is 9.81. The molecule has 2 N–H and O–H groups in total. The normalized spacial score (nSPS) is 15.1. The molecule has 17 heavy (non-hydrogen) atoms. The molecule has 0 aliphatic carbocycles. The molecule has 1 amide bonds. The summed E-state index contributed by atoms with van der Waals surface area (Å²) in [5.41, 5.74) is 0. The molecular weight excluding hydrogens is 238 g/mol. The zero-order valence-electron chi connectivity index (χ0n) is 11.2. The maximum Gasteiger partial charge on any atom is 0.326 e. The predicted octanol–water partition coefficient (Wildman–Crippen LogP) is 2.13. The van der Waals surface area contributed by atoms with Crippen molar-refractivity contribution in [3.63, 3.8) is 0 Å². The number of rotatable bonds is 6. The van der Waals surface area contributed by atoms with Crippen LogP contribution in [0, 0.1) is 5.92 Å². The molecule has 0 aromatic carbocycles. The fraction of sp³-hybridized carbons (Fsp3) is 0.833. The van der Waals surface area contributed by atoms with Crippen molar-refractivity contribution in [3.8, 4) is 0 Å². The molecule has 5 heteroatoms. The van der Waals surface area contributed by atoms with Crippen molar-refractivity contribution in [1.29, 1.82) is 0 Å². The Morgan fingerprint density at radius 3 is 2.24 bits per heavy atom. The van der Waals surface area contributed by atoms with Crippen molar-refractivity contribution in [2.45, 2.75) is 51.8 Å². The Balaban J connectivity index is 4.28. The molecular formula is C12H23NO3S. The van der Waals surface area contributed by atoms with Crippen molar-refractivity contribution in [2.75, 3.05) is 5.75 Å². The zero-order valence-corrected chi connectivity index (χ0v) is 12.1. The van der Waals surface area contributed by atoms with Gasteiger partial charge in [0.2, 0.25) is 5.91 Å². The van der Waals surface area contributed by atoms with Crippen LogP contribution < -0.4 is 5.32 Å². The van der Waals surface area contributed by atoms with Crippen molar-refractivity contribution in [1.82, 2.24) is 5.32 Å². The van der Waals surface area contributed by atoms with Gasteiger partial charge >= 0.3 is 5.97 Å². The first kappa shape index (κ1) is 16.3. The Bertz CT molecular complexity index is 273. The number of amides is 1. The minimum absolute atomic E-state index is 0.00638. The van der Waals surface area contributed by atoms with Crippen LogP contribution in [0.25, 0.3) is 0 Å². The summed E-state index contributed by atoms with van der Waals surface area (Å²) in [6, 6.07) is -0.784. The zero-order chi connectivity index (χ0) is 13.6. The number of carboxylic acids is 1. The van der Waals surface area contributed by atoms with Gasteiger partial charge in [0.05, 0.1) is 5.75 Å². The van der Waals surface area contributed by atoms with Crippen LogP contribution in [-0.4, -0.2) is 33.5 Å². The van der Waals surface area contributed by atoms with Gasteiger partial charge in [0.1, 0.15) is 6.04 Å². The minimum Gasteiger partial charge on any atom is -0.480 e. The Morgan fingerprint density at radius 2 is 1.88 bits per heavy atom. The molecule has 0 saturated carbocycles. The summed E-state index contributed by atoms with van der Waals surface area (Å²) >= 11 is 1.51. The number of carboxylic acid groups (broad SMARTS) is 1. The second-order valence-electron chi connectivity index (χ2n) is 5.17. The maximum atomic E-state index is 11.6. The Kier molecular flexibility index (Phi) is 6.60. The maximum absolute atomic E-state index is 11.6. The van der Waals surface area contributed by atoms with Gasteiger partial charge in [0, 0.05) is 4.75 Å². The van der Waals surface area contributed by atoms with Gasteiger partial charge in [0.15, 0.2) is 0 Å². The summed E-state index contributed by atoms with van der Waals surface area (Å²) in [7, 11) is 0. The third-order valence-corrected chi connectivity index (χ3v) is 3.70. The lowest BCUT2D eigenvalue weighted by molar-refractivity contribution is -0.143. The van der Waals surface area contributed by atoms with Crippen LogP contribution in [0.2, 0.25) is 0 Å². The number of carbonyl (C=O) groups is 2. The summed E-state index contributed by atoms with van der Waals surface area (Å²) < 4.78 is 0.00638. The van der Waals surface area contributed by atoms with E-state index in [0.717, 1.165) is 6.42 Å². The summed E-state index contributed by atoms with van der Waals surface area (Å²) in [4.78, 5) is 22.6. The second kappa shape index (κ2) is 6.89. The van der Waals surface area contributed by atoms with Gasteiger partial charge < -0.3 is 10.4 Å². The Labute approximate surface area is 108 Å². The lowest BCUT2D eigenvalue weighted by atomic mass is 9.99. The van der Waals surface area contributed by atoms with Crippen molar-refractivity contribution < 1.29 is 14.7 Å². The van der Waals surface area contributed by atoms with Gasteiger partial charge in [-0.3, -0.25) is 4.79 Å². The smallest absolute Gasteiger partial charge is 0.326 e. The average Bonchev–Trinajstić information content (AvgIpc) is 2.20. The van der Waals surface area contributed by atoms with E-state index >= 15 is 0 Å². The highest BCUT2D eigenvalue weighted by molar-refractivity contribution is 8.01. The molecule has 100 valence electrons. The quantitative estimate of drug-likeness (QED) is 0.768. The third kappa shape index (κ3) is 7.26. The molecule has 0 fully saturated rings. The minimum atomic E-state index is -0.964. The molecule has 0 aliphatic heterocycles. The molecule has 0 aliphatic rings. The van der Waals surface area contributed by atoms with E-state index in [2.05, 4.69) is 5.32 Å². The number of nitrogens with one attached hydrogen (secondary N) is 1. The number of hydrogen-bond acceptors (Lipinski definition) is 3. The molecule has 0 aromatic heterocycles. The summed E-state index contributed by atoms with van der Waals surface area (Å²) in [5, 5.41) is 11.6. The molecule has 0 rings (SSSR count). The number of hydrogen-bond donors (Lipinski definition) is 2. The van der Waals surface area contributed by atoms with Crippen LogP contribution in [-0.2, 0) is 9.59 Å². The van der Waals surface area contributed by atoms with Gasteiger partial charge in [-0.05, 0) is 5.92 Å². The summed E-state index contributed by atoms with van der Waals surface area (Å²) in [5.74, 6) is -0.939. The number of carbonyl (C=O) groups excluding carboxylic acids is 1. The fourth-order valence-electron chi connectivity index (χ4n) is 1.18. The van der Waals surface area contributed by atoms with Crippen LogP contribution in [0.1, 0.15) is 41.0 Å². The highest BCUT2D eigenvalue weighted by Crippen LogP contribution is 2.22. The second-order valence-corrected chi connectivity index (χ2v) is 6.97. The van der Waals surface area contributed by atoms with Crippen LogP contribution in [0.15, 0.2) is 0 Å². The fourth-order valence-corrected chi connectivity index (χ4v) is 1.83. The van der Waals surface area contributed by atoms with E-state index in [-0.39, 0.29) is 16.6 Å². The molecule has 2 atom stereocenters. The first-order valence-corrected chi connectivity index (χ1v) is 6.82. The Hall–Kier alpha value is -0.710. The average molecular weight is 261 g/mol. The lowest BCUT2D eigenvalue weighted by Gasteiger charge is -2.22. The summed E-state index contributed by atoms with van der Waals surface area (Å²) in [6.07, 6.45) is 0.726. The molecule has 0 bridgehead atoms. The number of thioether (sulfide) groups is 1. The van der Waals surface area contributed by atoms with Crippen molar-refractivity contribution >= 4 is 23.6 Å². The monoisotopic (exact) mass is 261 g/mol. The molecule has 0 spiro atoms. The first-order chi connectivity index (χ1) is 7.67. The van der Waals surface area contributed by atoms with E-state index in [0.29, 0.717) is 5.75 Å². The van der Waals surface area contributed by atoms with E-state index in [1.54, 1.807) is 0 Å². The van der Waals surface area contributed by atoms with Crippen LogP contribution in [0.5, 0.6) is 0 Å². The van der Waals surface area contributed by atoms with Gasteiger partial charge in [-0.15, -0.1) is 11.8 Å². The van der Waals surface area contributed by atoms with E-state index in [1.165, 1.54) is 11.8 Å². The topological polar surface area (TPSA) is 66.4 Å². The molecule has 2 unspecified atom stereocenters. The van der Waals surface area contributed by atoms with Crippen LogP contribution in [0.4, 0.5) is 0 Å². The standard InChI is InChI=1S/C12H23NO3S/c1-6-8(2)10(11(15)16)13-9(14)7-17-12(3,4)5/h8,10H,6-7H2,1-5H3,(H,13,14)(H,15,16).